The second kappa shape index (κ2) is 7.76. The molecule has 0 saturated carbocycles. The van der Waals surface area contributed by atoms with Crippen molar-refractivity contribution in [1.29, 1.82) is 0 Å². The van der Waals surface area contributed by atoms with Gasteiger partial charge < -0.3 is 19.9 Å². The number of hydrogen-bond donors (Lipinski definition) is 1. The molecule has 0 heterocycles. The van der Waals surface area contributed by atoms with Crippen LogP contribution in [0, 0.1) is 6.92 Å². The van der Waals surface area contributed by atoms with Crippen molar-refractivity contribution in [1.82, 2.24) is 0 Å². The fourth-order valence-corrected chi connectivity index (χ4v) is 1.66. The van der Waals surface area contributed by atoms with E-state index in [0.29, 0.717) is 6.61 Å². The normalized spacial score (nSPS) is 12.0. The summed E-state index contributed by atoms with van der Waals surface area (Å²) in [4.78, 5) is 10.9. The molecule has 1 rings (SSSR count). The number of ether oxygens (including phenoxy) is 3. The second-order valence-corrected chi connectivity index (χ2v) is 4.17. The van der Waals surface area contributed by atoms with Crippen LogP contribution in [0.4, 0.5) is 0 Å². The minimum Gasteiger partial charge on any atom is -0.494 e. The van der Waals surface area contributed by atoms with E-state index in [1.54, 1.807) is 0 Å². The van der Waals surface area contributed by atoms with Gasteiger partial charge in [-0.3, -0.25) is 0 Å². The quantitative estimate of drug-likeness (QED) is 0.759. The number of esters is 1. The molecule has 1 aromatic carbocycles. The Morgan fingerprint density at radius 1 is 1.42 bits per heavy atom. The minimum absolute atomic E-state index is 0.0972. The van der Waals surface area contributed by atoms with E-state index >= 15 is 0 Å². The average Bonchev–Trinajstić information content (AvgIpc) is 2.40. The molecule has 5 heteroatoms. The zero-order valence-electron chi connectivity index (χ0n) is 11.6. The van der Waals surface area contributed by atoms with Crippen LogP contribution in [0.15, 0.2) is 18.2 Å². The van der Waals surface area contributed by atoms with Crippen LogP contribution in [0.5, 0.6) is 5.75 Å². The Bertz CT molecular complexity index is 420. The maximum atomic E-state index is 10.9. The molecule has 0 spiro atoms. The van der Waals surface area contributed by atoms with Crippen molar-refractivity contribution in [2.24, 2.45) is 5.73 Å². The number of benzene rings is 1. The monoisotopic (exact) mass is 267 g/mol. The van der Waals surface area contributed by atoms with Crippen molar-refractivity contribution < 1.29 is 19.0 Å². The summed E-state index contributed by atoms with van der Waals surface area (Å²) >= 11 is 0. The Kier molecular flexibility index (Phi) is 6.32. The summed E-state index contributed by atoms with van der Waals surface area (Å²) < 4.78 is 15.2. The van der Waals surface area contributed by atoms with Gasteiger partial charge in [0.05, 0.1) is 26.4 Å². The summed E-state index contributed by atoms with van der Waals surface area (Å²) in [6, 6.07) is 5.49. The molecule has 19 heavy (non-hydrogen) atoms. The largest absolute Gasteiger partial charge is 0.494 e. The van der Waals surface area contributed by atoms with Gasteiger partial charge in [0.2, 0.25) is 0 Å². The predicted molar refractivity (Wildman–Crippen MR) is 72.1 cm³/mol. The van der Waals surface area contributed by atoms with Crippen molar-refractivity contribution in [2.75, 3.05) is 26.9 Å². The van der Waals surface area contributed by atoms with E-state index in [-0.39, 0.29) is 19.3 Å². The SMILES string of the molecule is CCOc1ccc(C)cc1C(N)COCC(=O)OC. The first-order valence-corrected chi connectivity index (χ1v) is 6.22. The van der Waals surface area contributed by atoms with Crippen molar-refractivity contribution in [3.8, 4) is 5.75 Å². The molecule has 0 aliphatic rings. The number of aryl methyl sites for hydroxylation is 1. The van der Waals surface area contributed by atoms with Gasteiger partial charge in [-0.15, -0.1) is 0 Å². The molecule has 5 nitrogen and oxygen atoms in total. The first-order chi connectivity index (χ1) is 9.08. The molecule has 1 atom stereocenters. The summed E-state index contributed by atoms with van der Waals surface area (Å²) in [5, 5.41) is 0. The lowest BCUT2D eigenvalue weighted by molar-refractivity contribution is -0.146. The molecule has 2 N–H and O–H groups in total. The van der Waals surface area contributed by atoms with Crippen LogP contribution in [0.1, 0.15) is 24.1 Å². The molecule has 0 fully saturated rings. The van der Waals surface area contributed by atoms with Gasteiger partial charge in [0.25, 0.3) is 0 Å². The molecule has 1 aromatic rings. The maximum Gasteiger partial charge on any atom is 0.331 e. The third-order valence-corrected chi connectivity index (χ3v) is 2.61. The standard InChI is InChI=1S/C14H21NO4/c1-4-19-13-6-5-10(2)7-11(13)12(15)8-18-9-14(16)17-3/h5-7,12H,4,8-9,15H2,1-3H3. The van der Waals surface area contributed by atoms with E-state index in [1.165, 1.54) is 7.11 Å². The molecule has 0 aliphatic carbocycles. The molecular formula is C14H21NO4. The number of hydrogen-bond acceptors (Lipinski definition) is 5. The minimum atomic E-state index is -0.415. The van der Waals surface area contributed by atoms with Crippen LogP contribution in [-0.4, -0.2) is 32.9 Å². The highest BCUT2D eigenvalue weighted by atomic mass is 16.6. The summed E-state index contributed by atoms with van der Waals surface area (Å²) in [6.45, 7) is 4.62. The van der Waals surface area contributed by atoms with E-state index < -0.39 is 5.97 Å². The molecule has 0 bridgehead atoms. The molecule has 1 unspecified atom stereocenters. The summed E-state index contributed by atoms with van der Waals surface area (Å²) in [5.74, 6) is 0.337. The predicted octanol–water partition coefficient (Wildman–Crippen LogP) is 1.58. The van der Waals surface area contributed by atoms with Gasteiger partial charge >= 0.3 is 5.97 Å². The Hall–Kier alpha value is -1.59. The topological polar surface area (TPSA) is 70.8 Å². The van der Waals surface area contributed by atoms with Crippen LogP contribution in [0.2, 0.25) is 0 Å². The second-order valence-electron chi connectivity index (χ2n) is 4.17. The summed E-state index contributed by atoms with van der Waals surface area (Å²) in [5.41, 5.74) is 8.05. The molecular weight excluding hydrogens is 246 g/mol. The lowest BCUT2D eigenvalue weighted by Crippen LogP contribution is -2.21. The summed E-state index contributed by atoms with van der Waals surface area (Å²) in [7, 11) is 1.32. The van der Waals surface area contributed by atoms with Gasteiger partial charge in [0.1, 0.15) is 12.4 Å². The van der Waals surface area contributed by atoms with Crippen molar-refractivity contribution in [2.45, 2.75) is 19.9 Å². The van der Waals surface area contributed by atoms with Gasteiger partial charge in [0.15, 0.2) is 0 Å². The number of nitrogens with two attached hydrogens (primary N) is 1. The fraction of sp³-hybridized carbons (Fsp3) is 0.500. The molecule has 0 amide bonds. The average molecular weight is 267 g/mol. The Labute approximate surface area is 113 Å². The number of carbonyl (C=O) groups excluding carboxylic acids is 1. The van der Waals surface area contributed by atoms with Gasteiger partial charge in [0, 0.05) is 5.56 Å². The van der Waals surface area contributed by atoms with Crippen molar-refractivity contribution in [3.05, 3.63) is 29.3 Å². The van der Waals surface area contributed by atoms with E-state index in [9.17, 15) is 4.79 Å². The van der Waals surface area contributed by atoms with Crippen molar-refractivity contribution in [3.63, 3.8) is 0 Å². The zero-order chi connectivity index (χ0) is 14.3. The highest BCUT2D eigenvalue weighted by Gasteiger charge is 2.13. The third kappa shape index (κ3) is 4.89. The number of rotatable bonds is 7. The van der Waals surface area contributed by atoms with Gasteiger partial charge in [-0.1, -0.05) is 17.7 Å². The van der Waals surface area contributed by atoms with Crippen LogP contribution >= 0.6 is 0 Å². The third-order valence-electron chi connectivity index (χ3n) is 2.61. The van der Waals surface area contributed by atoms with Gasteiger partial charge in [-0.25, -0.2) is 4.79 Å². The number of methoxy groups -OCH3 is 1. The fourth-order valence-electron chi connectivity index (χ4n) is 1.66. The Morgan fingerprint density at radius 2 is 2.16 bits per heavy atom. The van der Waals surface area contributed by atoms with Gasteiger partial charge in [-0.05, 0) is 19.9 Å². The Balaban J connectivity index is 2.66. The van der Waals surface area contributed by atoms with Crippen LogP contribution in [0.25, 0.3) is 0 Å². The Morgan fingerprint density at radius 3 is 2.79 bits per heavy atom. The lowest BCUT2D eigenvalue weighted by Gasteiger charge is -2.17. The zero-order valence-corrected chi connectivity index (χ0v) is 11.6. The van der Waals surface area contributed by atoms with Gasteiger partial charge in [-0.2, -0.15) is 0 Å². The molecule has 0 radical (unpaired) electrons. The highest BCUT2D eigenvalue weighted by molar-refractivity contribution is 5.70. The first-order valence-electron chi connectivity index (χ1n) is 6.22. The van der Waals surface area contributed by atoms with E-state index in [4.69, 9.17) is 15.2 Å². The van der Waals surface area contributed by atoms with Crippen molar-refractivity contribution >= 4 is 5.97 Å². The van der Waals surface area contributed by atoms with E-state index in [1.807, 2.05) is 32.0 Å². The summed E-state index contributed by atoms with van der Waals surface area (Å²) in [6.07, 6.45) is 0. The molecule has 0 aliphatic heterocycles. The highest BCUT2D eigenvalue weighted by Crippen LogP contribution is 2.25. The maximum absolute atomic E-state index is 10.9. The molecule has 0 saturated heterocycles. The smallest absolute Gasteiger partial charge is 0.331 e. The lowest BCUT2D eigenvalue weighted by atomic mass is 10.0. The molecule has 0 aromatic heterocycles. The van der Waals surface area contributed by atoms with E-state index in [0.717, 1.165) is 16.9 Å². The molecule has 106 valence electrons. The van der Waals surface area contributed by atoms with Crippen LogP contribution < -0.4 is 10.5 Å². The number of carbonyl (C=O) groups is 1. The van der Waals surface area contributed by atoms with Crippen LogP contribution in [-0.2, 0) is 14.3 Å². The van der Waals surface area contributed by atoms with Crippen LogP contribution in [0.3, 0.4) is 0 Å². The first kappa shape index (κ1) is 15.5. The van der Waals surface area contributed by atoms with E-state index in [2.05, 4.69) is 4.74 Å².